The van der Waals surface area contributed by atoms with Crippen molar-refractivity contribution in [2.45, 2.75) is 17.9 Å². The standard InChI is InChI=1S/C18H16FN3O3S/c19-13-6-8-15(9-7-13)26(24,25)21-11-10-17-16(12-21)18(23)22(20-17)14-4-2-1-3-5-14/h1-9,20H,10-12H2. The molecule has 0 amide bonds. The SMILES string of the molecule is O=c1c2c([nH]n1-c1ccccc1)CCN(S(=O)(=O)c1ccc(F)cc1)C2. The van der Waals surface area contributed by atoms with Crippen LogP contribution in [0.1, 0.15) is 11.3 Å². The largest absolute Gasteiger partial charge is 0.295 e. The quantitative estimate of drug-likeness (QED) is 0.764. The first-order chi connectivity index (χ1) is 12.5. The molecule has 0 bridgehead atoms. The van der Waals surface area contributed by atoms with E-state index in [1.54, 1.807) is 12.1 Å². The average molecular weight is 373 g/mol. The highest BCUT2D eigenvalue weighted by Crippen LogP contribution is 2.23. The zero-order chi connectivity index (χ0) is 18.3. The van der Waals surface area contributed by atoms with E-state index in [1.165, 1.54) is 21.1 Å². The molecule has 0 saturated carbocycles. The lowest BCUT2D eigenvalue weighted by molar-refractivity contribution is 0.389. The lowest BCUT2D eigenvalue weighted by atomic mass is 10.1. The van der Waals surface area contributed by atoms with E-state index in [9.17, 15) is 17.6 Å². The second-order valence-corrected chi connectivity index (χ2v) is 8.03. The number of nitrogens with zero attached hydrogens (tertiary/aromatic N) is 2. The second-order valence-electron chi connectivity index (χ2n) is 6.09. The van der Waals surface area contributed by atoms with Crippen LogP contribution in [0.4, 0.5) is 4.39 Å². The Bertz CT molecular complexity index is 1100. The molecule has 1 N–H and O–H groups in total. The van der Waals surface area contributed by atoms with Gasteiger partial charge in [0.2, 0.25) is 10.0 Å². The fraction of sp³-hybridized carbons (Fsp3) is 0.167. The van der Waals surface area contributed by atoms with Crippen molar-refractivity contribution >= 4 is 10.0 Å². The molecule has 0 unspecified atom stereocenters. The van der Waals surface area contributed by atoms with Crippen LogP contribution in [0.15, 0.2) is 64.3 Å². The van der Waals surface area contributed by atoms with Crippen LogP contribution in [-0.2, 0) is 23.0 Å². The second kappa shape index (κ2) is 6.22. The monoisotopic (exact) mass is 373 g/mol. The Balaban J connectivity index is 1.69. The number of para-hydroxylation sites is 1. The molecular weight excluding hydrogens is 357 g/mol. The molecule has 3 aromatic rings. The minimum Gasteiger partial charge on any atom is -0.295 e. The Hall–Kier alpha value is -2.71. The number of hydrogen-bond acceptors (Lipinski definition) is 3. The highest BCUT2D eigenvalue weighted by molar-refractivity contribution is 7.89. The smallest absolute Gasteiger partial charge is 0.276 e. The van der Waals surface area contributed by atoms with Crippen LogP contribution in [0.3, 0.4) is 0 Å². The summed E-state index contributed by atoms with van der Waals surface area (Å²) in [7, 11) is -3.79. The zero-order valence-corrected chi connectivity index (χ0v) is 14.5. The zero-order valence-electron chi connectivity index (χ0n) is 13.7. The maximum absolute atomic E-state index is 13.1. The molecule has 6 nitrogen and oxygen atoms in total. The van der Waals surface area contributed by atoms with Gasteiger partial charge in [0, 0.05) is 25.2 Å². The average Bonchev–Trinajstić information content (AvgIpc) is 2.99. The summed E-state index contributed by atoms with van der Waals surface area (Å²) in [6.45, 7) is 0.242. The topological polar surface area (TPSA) is 75.2 Å². The van der Waals surface area contributed by atoms with Crippen LogP contribution < -0.4 is 5.56 Å². The van der Waals surface area contributed by atoms with Gasteiger partial charge in [-0.1, -0.05) is 18.2 Å². The Morgan fingerprint density at radius 3 is 2.38 bits per heavy atom. The van der Waals surface area contributed by atoms with Crippen molar-refractivity contribution in [3.8, 4) is 5.69 Å². The van der Waals surface area contributed by atoms with E-state index >= 15 is 0 Å². The van der Waals surface area contributed by atoms with E-state index in [0.717, 1.165) is 17.8 Å². The molecule has 0 fully saturated rings. The van der Waals surface area contributed by atoms with Crippen LogP contribution >= 0.6 is 0 Å². The van der Waals surface area contributed by atoms with Gasteiger partial charge in [0.1, 0.15) is 5.82 Å². The predicted molar refractivity (Wildman–Crippen MR) is 94.1 cm³/mol. The predicted octanol–water partition coefficient (Wildman–Crippen LogP) is 2.05. The van der Waals surface area contributed by atoms with Crippen LogP contribution in [0.2, 0.25) is 0 Å². The van der Waals surface area contributed by atoms with E-state index in [2.05, 4.69) is 5.10 Å². The first-order valence-corrected chi connectivity index (χ1v) is 9.55. The molecule has 2 heterocycles. The summed E-state index contributed by atoms with van der Waals surface area (Å²) < 4.78 is 41.3. The summed E-state index contributed by atoms with van der Waals surface area (Å²) in [6, 6.07) is 13.8. The minimum absolute atomic E-state index is 0.00971. The fourth-order valence-electron chi connectivity index (χ4n) is 3.10. The van der Waals surface area contributed by atoms with Gasteiger partial charge in [-0.2, -0.15) is 4.31 Å². The highest BCUT2D eigenvalue weighted by atomic mass is 32.2. The molecule has 0 saturated heterocycles. The van der Waals surface area contributed by atoms with Crippen molar-refractivity contribution in [3.05, 3.63) is 82.0 Å². The van der Waals surface area contributed by atoms with E-state index in [4.69, 9.17) is 0 Å². The lowest BCUT2D eigenvalue weighted by Gasteiger charge is -2.25. The Morgan fingerprint density at radius 2 is 1.69 bits per heavy atom. The first-order valence-electron chi connectivity index (χ1n) is 8.11. The van der Waals surface area contributed by atoms with Gasteiger partial charge in [-0.05, 0) is 36.4 Å². The molecule has 1 aliphatic heterocycles. The number of rotatable bonds is 3. The van der Waals surface area contributed by atoms with Crippen molar-refractivity contribution in [2.75, 3.05) is 6.54 Å². The lowest BCUT2D eigenvalue weighted by Crippen LogP contribution is -2.37. The summed E-state index contributed by atoms with van der Waals surface area (Å²) >= 11 is 0. The number of fused-ring (bicyclic) bond motifs is 1. The van der Waals surface area contributed by atoms with Gasteiger partial charge in [-0.25, -0.2) is 17.5 Å². The molecule has 4 rings (SSSR count). The maximum Gasteiger partial charge on any atom is 0.276 e. The van der Waals surface area contributed by atoms with Gasteiger partial charge in [-0.3, -0.25) is 9.89 Å². The fourth-order valence-corrected chi connectivity index (χ4v) is 4.51. The molecule has 2 aromatic carbocycles. The van der Waals surface area contributed by atoms with Crippen molar-refractivity contribution in [3.63, 3.8) is 0 Å². The molecule has 0 radical (unpaired) electrons. The summed E-state index contributed by atoms with van der Waals surface area (Å²) in [5.74, 6) is -0.499. The van der Waals surface area contributed by atoms with Crippen LogP contribution in [0.25, 0.3) is 5.69 Å². The van der Waals surface area contributed by atoms with Gasteiger partial charge < -0.3 is 0 Å². The molecule has 1 aromatic heterocycles. The first kappa shape index (κ1) is 16.7. The molecule has 0 aliphatic carbocycles. The minimum atomic E-state index is -3.79. The number of aromatic nitrogens is 2. The van der Waals surface area contributed by atoms with Crippen molar-refractivity contribution in [2.24, 2.45) is 0 Å². The Kier molecular flexibility index (Phi) is 4.01. The van der Waals surface area contributed by atoms with Crippen molar-refractivity contribution < 1.29 is 12.8 Å². The summed E-state index contributed by atoms with van der Waals surface area (Å²) in [5.41, 5.74) is 1.61. The summed E-state index contributed by atoms with van der Waals surface area (Å²) in [4.78, 5) is 12.7. The van der Waals surface area contributed by atoms with Crippen LogP contribution in [0.5, 0.6) is 0 Å². The number of nitrogens with one attached hydrogen (secondary N) is 1. The Labute approximate surface area is 149 Å². The van der Waals surface area contributed by atoms with E-state index < -0.39 is 15.8 Å². The van der Waals surface area contributed by atoms with Gasteiger partial charge in [0.25, 0.3) is 5.56 Å². The molecule has 134 valence electrons. The molecule has 1 aliphatic rings. The third kappa shape index (κ3) is 2.77. The number of H-pyrrole nitrogens is 1. The molecule has 0 atom stereocenters. The highest BCUT2D eigenvalue weighted by Gasteiger charge is 2.31. The van der Waals surface area contributed by atoms with Crippen molar-refractivity contribution in [1.29, 1.82) is 0 Å². The van der Waals surface area contributed by atoms with Gasteiger partial charge in [-0.15, -0.1) is 0 Å². The van der Waals surface area contributed by atoms with E-state index in [0.29, 0.717) is 17.7 Å². The van der Waals surface area contributed by atoms with Gasteiger partial charge in [0.15, 0.2) is 0 Å². The van der Waals surface area contributed by atoms with Gasteiger partial charge in [0.05, 0.1) is 16.1 Å². The third-order valence-electron chi connectivity index (χ3n) is 4.48. The number of hydrogen-bond donors (Lipinski definition) is 1. The third-order valence-corrected chi connectivity index (χ3v) is 6.34. The van der Waals surface area contributed by atoms with Crippen LogP contribution in [0, 0.1) is 5.82 Å². The van der Waals surface area contributed by atoms with E-state index in [1.807, 2.05) is 18.2 Å². The molecule has 0 spiro atoms. The Morgan fingerprint density at radius 1 is 1.00 bits per heavy atom. The number of sulfonamides is 1. The van der Waals surface area contributed by atoms with E-state index in [-0.39, 0.29) is 23.5 Å². The molecular formula is C18H16FN3O3S. The van der Waals surface area contributed by atoms with Crippen LogP contribution in [-0.4, -0.2) is 29.0 Å². The van der Waals surface area contributed by atoms with Gasteiger partial charge >= 0.3 is 0 Å². The normalized spacial score (nSPS) is 15.0. The summed E-state index contributed by atoms with van der Waals surface area (Å²) in [6.07, 6.45) is 0.408. The molecule has 8 heteroatoms. The summed E-state index contributed by atoms with van der Waals surface area (Å²) in [5, 5.41) is 3.07. The molecule has 26 heavy (non-hydrogen) atoms. The number of halogens is 1. The number of benzene rings is 2. The van der Waals surface area contributed by atoms with Crippen molar-refractivity contribution in [1.82, 2.24) is 14.1 Å². The number of aromatic amines is 1. The maximum atomic E-state index is 13.1.